The maximum Gasteiger partial charge on any atom is 0.103 e. The number of nitrogens with zero attached hydrogens (tertiary/aromatic N) is 1. The number of rotatable bonds is 4. The first-order valence-corrected chi connectivity index (χ1v) is 7.22. The lowest BCUT2D eigenvalue weighted by Crippen LogP contribution is -2.35. The zero-order valence-corrected chi connectivity index (χ0v) is 11.8. The number of aryl methyl sites for hydroxylation is 1. The first-order chi connectivity index (χ1) is 10.2. The summed E-state index contributed by atoms with van der Waals surface area (Å²) < 4.78 is 0. The van der Waals surface area contributed by atoms with E-state index in [1.807, 2.05) is 42.5 Å². The Kier molecular flexibility index (Phi) is 3.74. The van der Waals surface area contributed by atoms with Crippen LogP contribution in [0.1, 0.15) is 28.7 Å². The summed E-state index contributed by atoms with van der Waals surface area (Å²) in [5.41, 5.74) is 3.33. The standard InChI is InChI=1S/C18H18N2O/c19-11-14-5-7-15(8-6-14)12-20-13-18(21)10-9-16-3-1-2-4-17(16)18/h1-8,20-21H,9-10,12-13H2. The SMILES string of the molecule is N#Cc1ccc(CNCC2(O)CCc3ccccc32)cc1. The van der Waals surface area contributed by atoms with Crippen molar-refractivity contribution >= 4 is 0 Å². The highest BCUT2D eigenvalue weighted by Crippen LogP contribution is 2.36. The molecule has 2 aromatic carbocycles. The molecule has 0 amide bonds. The number of fused-ring (bicyclic) bond motifs is 1. The van der Waals surface area contributed by atoms with Gasteiger partial charge in [-0.05, 0) is 41.7 Å². The molecule has 2 aromatic rings. The Hall–Kier alpha value is -2.15. The van der Waals surface area contributed by atoms with Gasteiger partial charge < -0.3 is 10.4 Å². The van der Waals surface area contributed by atoms with Crippen molar-refractivity contribution in [2.24, 2.45) is 0 Å². The lowest BCUT2D eigenvalue weighted by molar-refractivity contribution is 0.0384. The highest BCUT2D eigenvalue weighted by Gasteiger charge is 2.35. The quantitative estimate of drug-likeness (QED) is 0.903. The van der Waals surface area contributed by atoms with Gasteiger partial charge in [0.2, 0.25) is 0 Å². The minimum Gasteiger partial charge on any atom is -0.384 e. The lowest BCUT2D eigenvalue weighted by Gasteiger charge is -2.24. The van der Waals surface area contributed by atoms with Crippen molar-refractivity contribution in [3.63, 3.8) is 0 Å². The van der Waals surface area contributed by atoms with Crippen LogP contribution in [0.2, 0.25) is 0 Å². The molecule has 0 bridgehead atoms. The van der Waals surface area contributed by atoms with Crippen molar-refractivity contribution in [2.45, 2.75) is 25.0 Å². The number of nitrogens with one attached hydrogen (secondary N) is 1. The minimum absolute atomic E-state index is 0.546. The van der Waals surface area contributed by atoms with Gasteiger partial charge in [-0.15, -0.1) is 0 Å². The number of hydrogen-bond acceptors (Lipinski definition) is 3. The highest BCUT2D eigenvalue weighted by atomic mass is 16.3. The van der Waals surface area contributed by atoms with E-state index in [0.717, 1.165) is 24.0 Å². The van der Waals surface area contributed by atoms with E-state index >= 15 is 0 Å². The molecule has 3 rings (SSSR count). The molecular weight excluding hydrogens is 260 g/mol. The fourth-order valence-electron chi connectivity index (χ4n) is 2.96. The molecule has 1 aliphatic rings. The number of aliphatic hydroxyl groups is 1. The van der Waals surface area contributed by atoms with Crippen molar-refractivity contribution in [3.8, 4) is 6.07 Å². The molecule has 2 N–H and O–H groups in total. The van der Waals surface area contributed by atoms with Crippen molar-refractivity contribution < 1.29 is 5.11 Å². The van der Waals surface area contributed by atoms with E-state index in [9.17, 15) is 5.11 Å². The Bertz CT molecular complexity index is 672. The summed E-state index contributed by atoms with van der Waals surface area (Å²) in [4.78, 5) is 0. The van der Waals surface area contributed by atoms with Crippen molar-refractivity contribution in [3.05, 3.63) is 70.8 Å². The van der Waals surface area contributed by atoms with Crippen molar-refractivity contribution in [1.29, 1.82) is 5.26 Å². The third-order valence-corrected chi connectivity index (χ3v) is 4.16. The Morgan fingerprint density at radius 3 is 2.67 bits per heavy atom. The second-order valence-electron chi connectivity index (χ2n) is 5.60. The molecule has 106 valence electrons. The van der Waals surface area contributed by atoms with Gasteiger partial charge in [0, 0.05) is 13.1 Å². The van der Waals surface area contributed by atoms with E-state index in [1.54, 1.807) is 0 Å². The molecule has 0 aliphatic heterocycles. The van der Waals surface area contributed by atoms with Gasteiger partial charge in [-0.25, -0.2) is 0 Å². The number of hydrogen-bond donors (Lipinski definition) is 2. The smallest absolute Gasteiger partial charge is 0.103 e. The predicted octanol–water partition coefficient (Wildman–Crippen LogP) is 2.48. The molecule has 3 nitrogen and oxygen atoms in total. The van der Waals surface area contributed by atoms with Gasteiger partial charge in [0.05, 0.1) is 11.6 Å². The fraction of sp³-hybridized carbons (Fsp3) is 0.278. The van der Waals surface area contributed by atoms with E-state index in [1.165, 1.54) is 5.56 Å². The summed E-state index contributed by atoms with van der Waals surface area (Å²) in [6.45, 7) is 1.24. The van der Waals surface area contributed by atoms with Crippen molar-refractivity contribution in [1.82, 2.24) is 5.32 Å². The van der Waals surface area contributed by atoms with Crippen LogP contribution in [-0.2, 0) is 18.6 Å². The van der Waals surface area contributed by atoms with Crippen LogP contribution in [0.3, 0.4) is 0 Å². The molecule has 21 heavy (non-hydrogen) atoms. The average molecular weight is 278 g/mol. The molecule has 0 radical (unpaired) electrons. The van der Waals surface area contributed by atoms with E-state index in [0.29, 0.717) is 18.7 Å². The van der Waals surface area contributed by atoms with Gasteiger partial charge in [-0.2, -0.15) is 5.26 Å². The van der Waals surface area contributed by atoms with Gasteiger partial charge in [0.1, 0.15) is 5.60 Å². The van der Waals surface area contributed by atoms with Crippen LogP contribution in [0, 0.1) is 11.3 Å². The molecule has 1 unspecified atom stereocenters. The normalized spacial score (nSPS) is 20.0. The zero-order chi connectivity index (χ0) is 14.7. The third-order valence-electron chi connectivity index (χ3n) is 4.16. The summed E-state index contributed by atoms with van der Waals surface area (Å²) in [6.07, 6.45) is 1.71. The Morgan fingerprint density at radius 2 is 1.90 bits per heavy atom. The van der Waals surface area contributed by atoms with Crippen LogP contribution < -0.4 is 5.32 Å². The summed E-state index contributed by atoms with van der Waals surface area (Å²) in [5.74, 6) is 0. The van der Waals surface area contributed by atoms with Gasteiger partial charge in [-0.1, -0.05) is 36.4 Å². The molecule has 0 saturated carbocycles. The Labute approximate surface area is 124 Å². The number of benzene rings is 2. The fourth-order valence-corrected chi connectivity index (χ4v) is 2.96. The molecule has 1 aliphatic carbocycles. The largest absolute Gasteiger partial charge is 0.384 e. The summed E-state index contributed by atoms with van der Waals surface area (Å²) in [5, 5.41) is 22.9. The van der Waals surface area contributed by atoms with E-state index in [4.69, 9.17) is 5.26 Å². The van der Waals surface area contributed by atoms with Crippen molar-refractivity contribution in [2.75, 3.05) is 6.54 Å². The second kappa shape index (κ2) is 5.69. The first-order valence-electron chi connectivity index (χ1n) is 7.22. The van der Waals surface area contributed by atoms with Crippen LogP contribution in [0.25, 0.3) is 0 Å². The summed E-state index contributed by atoms with van der Waals surface area (Å²) in [6, 6.07) is 17.7. The predicted molar refractivity (Wildman–Crippen MR) is 81.5 cm³/mol. The highest BCUT2D eigenvalue weighted by molar-refractivity contribution is 5.37. The molecule has 0 heterocycles. The van der Waals surface area contributed by atoms with Crippen LogP contribution in [-0.4, -0.2) is 11.7 Å². The van der Waals surface area contributed by atoms with Gasteiger partial charge in [0.15, 0.2) is 0 Å². The average Bonchev–Trinajstić information content (AvgIpc) is 2.86. The van der Waals surface area contributed by atoms with Crippen LogP contribution in [0.4, 0.5) is 0 Å². The third kappa shape index (κ3) is 2.82. The summed E-state index contributed by atoms with van der Waals surface area (Å²) in [7, 11) is 0. The molecule has 0 aromatic heterocycles. The van der Waals surface area contributed by atoms with E-state index in [2.05, 4.69) is 17.5 Å². The zero-order valence-electron chi connectivity index (χ0n) is 11.8. The van der Waals surface area contributed by atoms with Crippen LogP contribution in [0.5, 0.6) is 0 Å². The van der Waals surface area contributed by atoms with Crippen LogP contribution >= 0.6 is 0 Å². The Morgan fingerprint density at radius 1 is 1.14 bits per heavy atom. The minimum atomic E-state index is -0.761. The first kappa shape index (κ1) is 13.8. The summed E-state index contributed by atoms with van der Waals surface area (Å²) >= 11 is 0. The lowest BCUT2D eigenvalue weighted by atomic mass is 9.96. The maximum atomic E-state index is 10.8. The molecule has 3 heteroatoms. The molecular formula is C18H18N2O. The Balaban J connectivity index is 1.62. The van der Waals surface area contributed by atoms with E-state index < -0.39 is 5.60 Å². The topological polar surface area (TPSA) is 56.0 Å². The van der Waals surface area contributed by atoms with E-state index in [-0.39, 0.29) is 0 Å². The van der Waals surface area contributed by atoms with Crippen LogP contribution in [0.15, 0.2) is 48.5 Å². The second-order valence-corrected chi connectivity index (χ2v) is 5.60. The van der Waals surface area contributed by atoms with Gasteiger partial charge in [-0.3, -0.25) is 0 Å². The molecule has 1 atom stereocenters. The van der Waals surface area contributed by atoms with Gasteiger partial charge in [0.25, 0.3) is 0 Å². The monoisotopic (exact) mass is 278 g/mol. The maximum absolute atomic E-state index is 10.8. The molecule has 0 saturated heterocycles. The molecule has 0 fully saturated rings. The van der Waals surface area contributed by atoms with Gasteiger partial charge >= 0.3 is 0 Å². The number of nitriles is 1. The molecule has 0 spiro atoms.